The second-order valence-corrected chi connectivity index (χ2v) is 10.3. The van der Waals surface area contributed by atoms with Gasteiger partial charge in [-0.05, 0) is 54.2 Å². The van der Waals surface area contributed by atoms with E-state index >= 15 is 0 Å². The van der Waals surface area contributed by atoms with Crippen LogP contribution in [0, 0.1) is 17.6 Å². The van der Waals surface area contributed by atoms with Gasteiger partial charge in [-0.2, -0.15) is 0 Å². The number of benzene rings is 3. The number of hydrogen-bond donors (Lipinski definition) is 3. The average Bonchev–Trinajstić information content (AvgIpc) is 3.08. The Morgan fingerprint density at radius 2 is 1.60 bits per heavy atom. The van der Waals surface area contributed by atoms with Gasteiger partial charge < -0.3 is 20.7 Å². The highest BCUT2D eigenvalue weighted by atomic mass is 19.1. The maximum absolute atomic E-state index is 13.8. The van der Waals surface area contributed by atoms with Crippen LogP contribution in [-0.2, 0) is 20.8 Å². The van der Waals surface area contributed by atoms with Crippen molar-refractivity contribution < 1.29 is 27.9 Å². The molecule has 3 aromatic carbocycles. The molecule has 0 unspecified atom stereocenters. The Hall–Kier alpha value is -4.27. The van der Waals surface area contributed by atoms with E-state index in [4.69, 9.17) is 4.74 Å². The van der Waals surface area contributed by atoms with Gasteiger partial charge in [-0.3, -0.25) is 14.4 Å². The Morgan fingerprint density at radius 3 is 2.33 bits per heavy atom. The molecule has 0 radical (unpaired) electrons. The quantitative estimate of drug-likeness (QED) is 0.395. The zero-order valence-electron chi connectivity index (χ0n) is 21.9. The van der Waals surface area contributed by atoms with E-state index in [-0.39, 0.29) is 17.9 Å². The minimum Gasteiger partial charge on any atom is -0.481 e. The van der Waals surface area contributed by atoms with Crippen LogP contribution < -0.4 is 20.7 Å². The van der Waals surface area contributed by atoms with Crippen LogP contribution in [0.25, 0.3) is 0 Å². The lowest BCUT2D eigenvalue weighted by molar-refractivity contribution is -0.133. The number of anilines is 1. The first-order chi connectivity index (χ1) is 19.4. The van der Waals surface area contributed by atoms with Crippen molar-refractivity contribution in [2.24, 2.45) is 5.92 Å². The van der Waals surface area contributed by atoms with E-state index in [1.165, 1.54) is 0 Å². The Kier molecular flexibility index (Phi) is 8.38. The van der Waals surface area contributed by atoms with Crippen LogP contribution in [0.1, 0.15) is 49.3 Å². The number of ether oxygens (including phenoxy) is 1. The first-order valence-corrected chi connectivity index (χ1v) is 13.5. The summed E-state index contributed by atoms with van der Waals surface area (Å²) in [6, 6.07) is 17.1. The summed E-state index contributed by atoms with van der Waals surface area (Å²) in [7, 11) is 0. The zero-order chi connectivity index (χ0) is 28.1. The van der Waals surface area contributed by atoms with Gasteiger partial charge in [0.2, 0.25) is 11.8 Å². The summed E-state index contributed by atoms with van der Waals surface area (Å²) >= 11 is 0. The van der Waals surface area contributed by atoms with Crippen molar-refractivity contribution in [2.45, 2.75) is 56.7 Å². The highest BCUT2D eigenvalue weighted by molar-refractivity contribution is 6.00. The number of carbonyl (C=O) groups is 3. The first kappa shape index (κ1) is 27.3. The lowest BCUT2D eigenvalue weighted by atomic mass is 9.83. The smallest absolute Gasteiger partial charge is 0.251 e. The molecule has 1 fully saturated rings. The summed E-state index contributed by atoms with van der Waals surface area (Å²) in [5, 5.41) is 8.51. The number of para-hydroxylation sites is 2. The number of nitrogens with one attached hydrogen (secondary N) is 3. The second kappa shape index (κ2) is 12.3. The lowest BCUT2D eigenvalue weighted by Crippen LogP contribution is -2.57. The Labute approximate surface area is 231 Å². The number of halogens is 2. The van der Waals surface area contributed by atoms with Crippen molar-refractivity contribution in [3.63, 3.8) is 0 Å². The highest BCUT2D eigenvalue weighted by Crippen LogP contribution is 2.35. The highest BCUT2D eigenvalue weighted by Gasteiger charge is 2.39. The molecule has 3 aromatic rings. The molecular weight excluding hydrogens is 516 g/mol. The molecule has 1 aliphatic carbocycles. The fraction of sp³-hybridized carbons (Fsp3) is 0.323. The van der Waals surface area contributed by atoms with Crippen molar-refractivity contribution in [1.82, 2.24) is 10.6 Å². The van der Waals surface area contributed by atoms with Crippen molar-refractivity contribution >= 4 is 23.4 Å². The number of rotatable bonds is 7. The summed E-state index contributed by atoms with van der Waals surface area (Å²) in [6.07, 6.45) is 3.20. The zero-order valence-corrected chi connectivity index (χ0v) is 21.9. The first-order valence-electron chi connectivity index (χ1n) is 13.5. The summed E-state index contributed by atoms with van der Waals surface area (Å²) in [5.41, 5.74) is 1.35. The molecule has 0 spiro atoms. The Bertz CT molecular complexity index is 1360. The van der Waals surface area contributed by atoms with E-state index < -0.39 is 47.5 Å². The van der Waals surface area contributed by atoms with Gasteiger partial charge in [0.15, 0.2) is 6.10 Å². The van der Waals surface area contributed by atoms with E-state index in [1.807, 2.05) is 30.3 Å². The fourth-order valence-corrected chi connectivity index (χ4v) is 5.50. The molecule has 0 bridgehead atoms. The van der Waals surface area contributed by atoms with Crippen LogP contribution in [0.15, 0.2) is 72.8 Å². The monoisotopic (exact) mass is 547 g/mol. The SMILES string of the molecule is O=C(Cc1cc(F)cc(F)c1)N[C@H](C(=O)N[C@@H]1C(=O)Nc2ccccc2O[C@H]1c1ccccc1)C1CCCCC1. The topological polar surface area (TPSA) is 96.5 Å². The van der Waals surface area contributed by atoms with Crippen LogP contribution >= 0.6 is 0 Å². The van der Waals surface area contributed by atoms with Crippen molar-refractivity contribution in [3.8, 4) is 5.75 Å². The Morgan fingerprint density at radius 1 is 0.925 bits per heavy atom. The molecule has 40 heavy (non-hydrogen) atoms. The van der Waals surface area contributed by atoms with Crippen LogP contribution in [-0.4, -0.2) is 29.8 Å². The molecule has 1 aliphatic heterocycles. The maximum Gasteiger partial charge on any atom is 0.251 e. The normalized spacial score (nSPS) is 19.8. The number of hydrogen-bond acceptors (Lipinski definition) is 4. The van der Waals surface area contributed by atoms with Crippen LogP contribution in [0.3, 0.4) is 0 Å². The molecule has 1 saturated carbocycles. The lowest BCUT2D eigenvalue weighted by Gasteiger charge is -2.32. The third-order valence-corrected chi connectivity index (χ3v) is 7.42. The van der Waals surface area contributed by atoms with Gasteiger partial charge in [0, 0.05) is 6.07 Å². The fourth-order valence-electron chi connectivity index (χ4n) is 5.50. The van der Waals surface area contributed by atoms with Gasteiger partial charge >= 0.3 is 0 Å². The molecule has 208 valence electrons. The molecule has 2 aliphatic rings. The number of carbonyl (C=O) groups excluding carboxylic acids is 3. The van der Waals surface area contributed by atoms with Crippen LogP contribution in [0.4, 0.5) is 14.5 Å². The van der Waals surface area contributed by atoms with Gasteiger partial charge in [0.05, 0.1) is 12.1 Å². The van der Waals surface area contributed by atoms with Crippen molar-refractivity contribution in [3.05, 3.63) is 95.6 Å². The summed E-state index contributed by atoms with van der Waals surface area (Å²) in [4.78, 5) is 40.3. The predicted molar refractivity (Wildman–Crippen MR) is 145 cm³/mol. The molecule has 5 rings (SSSR count). The molecular formula is C31H31F2N3O4. The number of fused-ring (bicyclic) bond motifs is 1. The van der Waals surface area contributed by atoms with E-state index in [0.717, 1.165) is 50.3 Å². The largest absolute Gasteiger partial charge is 0.481 e. The molecule has 0 saturated heterocycles. The van der Waals surface area contributed by atoms with E-state index in [9.17, 15) is 23.2 Å². The molecule has 1 heterocycles. The van der Waals surface area contributed by atoms with Crippen LogP contribution in [0.5, 0.6) is 5.75 Å². The van der Waals surface area contributed by atoms with Gasteiger partial charge in [-0.15, -0.1) is 0 Å². The number of amides is 3. The summed E-state index contributed by atoms with van der Waals surface area (Å²) in [5.74, 6) is -2.74. The molecule has 3 N–H and O–H groups in total. The molecule has 3 amide bonds. The molecule has 9 heteroatoms. The van der Waals surface area contributed by atoms with Crippen molar-refractivity contribution in [2.75, 3.05) is 5.32 Å². The van der Waals surface area contributed by atoms with E-state index in [0.29, 0.717) is 17.0 Å². The standard InChI is InChI=1S/C31H31F2N3O4/c32-22-15-19(16-23(33)18-22)17-26(37)35-27(20-9-3-1-4-10-20)30(38)36-28-29(21-11-5-2-6-12-21)40-25-14-8-7-13-24(25)34-31(28)39/h2,5-8,11-16,18,20,27-29H,1,3-4,9-10,17H2,(H,34,39)(H,35,37)(H,36,38)/t27-,28-,29-/m0/s1. The minimum absolute atomic E-state index is 0.149. The third kappa shape index (κ3) is 6.47. The minimum atomic E-state index is -1.09. The molecule has 3 atom stereocenters. The van der Waals surface area contributed by atoms with Gasteiger partial charge in [-0.1, -0.05) is 61.7 Å². The van der Waals surface area contributed by atoms with Gasteiger partial charge in [0.25, 0.3) is 5.91 Å². The second-order valence-electron chi connectivity index (χ2n) is 10.3. The average molecular weight is 548 g/mol. The third-order valence-electron chi connectivity index (χ3n) is 7.42. The van der Waals surface area contributed by atoms with Gasteiger partial charge in [0.1, 0.15) is 29.5 Å². The van der Waals surface area contributed by atoms with E-state index in [1.54, 1.807) is 24.3 Å². The molecule has 0 aromatic heterocycles. The summed E-state index contributed by atoms with van der Waals surface area (Å²) < 4.78 is 33.6. The van der Waals surface area contributed by atoms with E-state index in [2.05, 4.69) is 16.0 Å². The maximum atomic E-state index is 13.8. The predicted octanol–water partition coefficient (Wildman–Crippen LogP) is 4.83. The molecule has 7 nitrogen and oxygen atoms in total. The van der Waals surface area contributed by atoms with Gasteiger partial charge in [-0.25, -0.2) is 8.78 Å². The van der Waals surface area contributed by atoms with Crippen molar-refractivity contribution in [1.29, 1.82) is 0 Å². The van der Waals surface area contributed by atoms with Crippen LogP contribution in [0.2, 0.25) is 0 Å². The Balaban J connectivity index is 1.39. The summed E-state index contributed by atoms with van der Waals surface area (Å²) in [6.45, 7) is 0.